The van der Waals surface area contributed by atoms with Crippen LogP contribution in [0.1, 0.15) is 5.69 Å². The second kappa shape index (κ2) is 6.17. The number of rotatable bonds is 5. The van der Waals surface area contributed by atoms with Crippen molar-refractivity contribution >= 4 is 22.5 Å². The van der Waals surface area contributed by atoms with Crippen LogP contribution in [0.3, 0.4) is 0 Å². The van der Waals surface area contributed by atoms with Crippen molar-refractivity contribution in [1.29, 1.82) is 0 Å². The van der Waals surface area contributed by atoms with Crippen molar-refractivity contribution in [2.24, 2.45) is 0 Å². The van der Waals surface area contributed by atoms with Gasteiger partial charge in [0.2, 0.25) is 0 Å². The Hall–Kier alpha value is -2.69. The molecule has 0 aliphatic rings. The van der Waals surface area contributed by atoms with E-state index in [0.29, 0.717) is 0 Å². The first-order valence-electron chi connectivity index (χ1n) is 6.93. The number of nitrogens with one attached hydrogen (secondary N) is 2. The van der Waals surface area contributed by atoms with Gasteiger partial charge in [0.05, 0.1) is 5.52 Å². The highest BCUT2D eigenvalue weighted by Gasteiger charge is 1.98. The normalized spacial score (nSPS) is 10.5. The van der Waals surface area contributed by atoms with E-state index in [9.17, 15) is 0 Å². The number of nitrogens with zero attached hydrogens (tertiary/aromatic N) is 3. The van der Waals surface area contributed by atoms with Crippen molar-refractivity contribution < 1.29 is 0 Å². The minimum absolute atomic E-state index is 0.769. The van der Waals surface area contributed by atoms with Gasteiger partial charge in [0, 0.05) is 30.2 Å². The van der Waals surface area contributed by atoms with Gasteiger partial charge >= 0.3 is 0 Å². The second-order valence-electron chi connectivity index (χ2n) is 4.79. The molecule has 1 aromatic carbocycles. The van der Waals surface area contributed by atoms with Gasteiger partial charge in [-0.2, -0.15) is 0 Å². The lowest BCUT2D eigenvalue weighted by Gasteiger charge is -2.08. The van der Waals surface area contributed by atoms with E-state index in [1.807, 2.05) is 37.3 Å². The van der Waals surface area contributed by atoms with Crippen molar-refractivity contribution in [1.82, 2.24) is 15.0 Å². The number of fused-ring (bicyclic) bond motifs is 1. The molecule has 5 nitrogen and oxygen atoms in total. The summed E-state index contributed by atoms with van der Waals surface area (Å²) in [4.78, 5) is 12.8. The standard InChI is InChI=1S/C16H17N5/c1-12-10-16(20-11-19-12)18-9-8-17-15-7-6-13-4-2-3-5-14(13)21-15/h2-7,10-11H,8-9H2,1H3,(H,17,21)(H,18,19,20). The van der Waals surface area contributed by atoms with Crippen LogP contribution in [0.5, 0.6) is 0 Å². The molecule has 2 heterocycles. The highest BCUT2D eigenvalue weighted by molar-refractivity contribution is 5.80. The van der Waals surface area contributed by atoms with E-state index >= 15 is 0 Å². The predicted octanol–water partition coefficient (Wildman–Crippen LogP) is 2.86. The summed E-state index contributed by atoms with van der Waals surface area (Å²) in [7, 11) is 0. The van der Waals surface area contributed by atoms with E-state index in [0.717, 1.165) is 41.3 Å². The van der Waals surface area contributed by atoms with Gasteiger partial charge in [-0.05, 0) is 25.1 Å². The summed E-state index contributed by atoms with van der Waals surface area (Å²) < 4.78 is 0. The molecule has 0 aliphatic carbocycles. The van der Waals surface area contributed by atoms with Gasteiger partial charge in [0.1, 0.15) is 18.0 Å². The molecule has 3 aromatic rings. The smallest absolute Gasteiger partial charge is 0.129 e. The number of anilines is 2. The number of aromatic nitrogens is 3. The van der Waals surface area contributed by atoms with E-state index in [-0.39, 0.29) is 0 Å². The number of aryl methyl sites for hydroxylation is 1. The molecule has 2 N–H and O–H groups in total. The largest absolute Gasteiger partial charge is 0.368 e. The topological polar surface area (TPSA) is 62.7 Å². The Bertz CT molecular complexity index is 741. The summed E-state index contributed by atoms with van der Waals surface area (Å²) in [5, 5.41) is 7.71. The molecule has 0 aliphatic heterocycles. The number of benzene rings is 1. The Morgan fingerprint density at radius 1 is 0.905 bits per heavy atom. The van der Waals surface area contributed by atoms with E-state index in [4.69, 9.17) is 0 Å². The molecule has 0 fully saturated rings. The van der Waals surface area contributed by atoms with Gasteiger partial charge in [-0.1, -0.05) is 18.2 Å². The fourth-order valence-electron chi connectivity index (χ4n) is 2.10. The number of para-hydroxylation sites is 1. The lowest BCUT2D eigenvalue weighted by atomic mass is 10.2. The third-order valence-electron chi connectivity index (χ3n) is 3.14. The SMILES string of the molecule is Cc1cc(NCCNc2ccc3ccccc3n2)ncn1. The van der Waals surface area contributed by atoms with Crippen LogP contribution in [-0.2, 0) is 0 Å². The lowest BCUT2D eigenvalue weighted by molar-refractivity contribution is 1.03. The first kappa shape index (κ1) is 13.3. The average molecular weight is 279 g/mol. The molecule has 21 heavy (non-hydrogen) atoms. The predicted molar refractivity (Wildman–Crippen MR) is 85.5 cm³/mol. The maximum absolute atomic E-state index is 4.57. The molecule has 0 amide bonds. The van der Waals surface area contributed by atoms with Crippen molar-refractivity contribution in [2.75, 3.05) is 23.7 Å². The number of hydrogen-bond donors (Lipinski definition) is 2. The summed E-state index contributed by atoms with van der Waals surface area (Å²) in [5.41, 5.74) is 1.96. The molecule has 0 atom stereocenters. The fourth-order valence-corrected chi connectivity index (χ4v) is 2.10. The van der Waals surface area contributed by atoms with Crippen molar-refractivity contribution in [2.45, 2.75) is 6.92 Å². The fraction of sp³-hybridized carbons (Fsp3) is 0.188. The summed E-state index contributed by atoms with van der Waals surface area (Å²) in [6, 6.07) is 14.1. The molecule has 0 unspecified atom stereocenters. The Labute approximate surface area is 123 Å². The van der Waals surface area contributed by atoms with E-state index in [1.54, 1.807) is 6.33 Å². The maximum atomic E-state index is 4.57. The minimum Gasteiger partial charge on any atom is -0.368 e. The Kier molecular flexibility index (Phi) is 3.91. The van der Waals surface area contributed by atoms with Crippen molar-refractivity contribution in [3.63, 3.8) is 0 Å². The zero-order valence-corrected chi connectivity index (χ0v) is 11.9. The van der Waals surface area contributed by atoms with Gasteiger partial charge in [-0.3, -0.25) is 0 Å². The monoisotopic (exact) mass is 279 g/mol. The Morgan fingerprint density at radius 2 is 1.71 bits per heavy atom. The summed E-state index contributed by atoms with van der Waals surface area (Å²) in [6.45, 7) is 3.49. The summed E-state index contributed by atoms with van der Waals surface area (Å²) >= 11 is 0. The van der Waals surface area contributed by atoms with Crippen LogP contribution >= 0.6 is 0 Å². The van der Waals surface area contributed by atoms with Gasteiger partial charge in [-0.25, -0.2) is 15.0 Å². The summed E-state index contributed by atoms with van der Waals surface area (Å²) in [6.07, 6.45) is 1.57. The number of hydrogen-bond acceptors (Lipinski definition) is 5. The molecule has 0 bridgehead atoms. The van der Waals surface area contributed by atoms with Gasteiger partial charge < -0.3 is 10.6 Å². The molecule has 5 heteroatoms. The third-order valence-corrected chi connectivity index (χ3v) is 3.14. The van der Waals surface area contributed by atoms with Crippen LogP contribution in [0, 0.1) is 6.92 Å². The molecular formula is C16H17N5. The first-order valence-corrected chi connectivity index (χ1v) is 6.93. The minimum atomic E-state index is 0.769. The van der Waals surface area contributed by atoms with E-state index in [2.05, 4.69) is 37.7 Å². The first-order chi connectivity index (χ1) is 10.3. The van der Waals surface area contributed by atoms with Crippen LogP contribution < -0.4 is 10.6 Å². The number of pyridine rings is 1. The molecule has 0 saturated carbocycles. The van der Waals surface area contributed by atoms with Crippen LogP contribution in [-0.4, -0.2) is 28.0 Å². The second-order valence-corrected chi connectivity index (χ2v) is 4.79. The quantitative estimate of drug-likeness (QED) is 0.703. The molecule has 0 radical (unpaired) electrons. The zero-order chi connectivity index (χ0) is 14.5. The molecular weight excluding hydrogens is 262 g/mol. The van der Waals surface area contributed by atoms with E-state index < -0.39 is 0 Å². The highest BCUT2D eigenvalue weighted by Crippen LogP contribution is 2.14. The molecule has 0 saturated heterocycles. The Balaban J connectivity index is 1.54. The average Bonchev–Trinajstić information content (AvgIpc) is 2.51. The molecule has 106 valence electrons. The highest BCUT2D eigenvalue weighted by atomic mass is 15.0. The zero-order valence-electron chi connectivity index (χ0n) is 11.9. The molecule has 2 aromatic heterocycles. The molecule has 3 rings (SSSR count). The van der Waals surface area contributed by atoms with Crippen molar-refractivity contribution in [3.05, 3.63) is 54.5 Å². The summed E-state index contributed by atoms with van der Waals surface area (Å²) in [5.74, 6) is 1.73. The van der Waals surface area contributed by atoms with Gasteiger partial charge in [-0.15, -0.1) is 0 Å². The van der Waals surface area contributed by atoms with Crippen molar-refractivity contribution in [3.8, 4) is 0 Å². The van der Waals surface area contributed by atoms with Crippen LogP contribution in [0.2, 0.25) is 0 Å². The van der Waals surface area contributed by atoms with Crippen LogP contribution in [0.25, 0.3) is 10.9 Å². The lowest BCUT2D eigenvalue weighted by Crippen LogP contribution is -2.15. The van der Waals surface area contributed by atoms with Crippen LogP contribution in [0.15, 0.2) is 48.8 Å². The van der Waals surface area contributed by atoms with E-state index in [1.165, 1.54) is 0 Å². The maximum Gasteiger partial charge on any atom is 0.129 e. The van der Waals surface area contributed by atoms with Gasteiger partial charge in [0.25, 0.3) is 0 Å². The molecule has 0 spiro atoms. The Morgan fingerprint density at radius 3 is 2.57 bits per heavy atom. The van der Waals surface area contributed by atoms with Crippen LogP contribution in [0.4, 0.5) is 11.6 Å². The third kappa shape index (κ3) is 3.45. The van der Waals surface area contributed by atoms with Gasteiger partial charge in [0.15, 0.2) is 0 Å².